The van der Waals surface area contributed by atoms with E-state index in [1.807, 2.05) is 20.8 Å². The highest BCUT2D eigenvalue weighted by Crippen LogP contribution is 2.12. The van der Waals surface area contributed by atoms with Gasteiger partial charge in [0.25, 0.3) is 0 Å². The summed E-state index contributed by atoms with van der Waals surface area (Å²) < 4.78 is 0. The molecule has 10 N–H and O–H groups in total. The van der Waals surface area contributed by atoms with Crippen LogP contribution in [0.1, 0.15) is 72.6 Å². The average Bonchev–Trinajstić information content (AvgIpc) is 2.78. The van der Waals surface area contributed by atoms with Crippen LogP contribution in [0.5, 0.6) is 0 Å². The van der Waals surface area contributed by atoms with Crippen LogP contribution in [-0.2, 0) is 24.0 Å². The lowest BCUT2D eigenvalue weighted by Crippen LogP contribution is -2.58. The Morgan fingerprint density at radius 1 is 0.857 bits per heavy atom. The van der Waals surface area contributed by atoms with Crippen molar-refractivity contribution in [1.82, 2.24) is 16.0 Å². The number of nitrogens with two attached hydrogens (primary N) is 3. The first kappa shape index (κ1) is 32.3. The Kier molecular flexibility index (Phi) is 15.5. The van der Waals surface area contributed by atoms with Gasteiger partial charge in [0, 0.05) is 6.42 Å². The van der Waals surface area contributed by atoms with Crippen molar-refractivity contribution in [3.05, 3.63) is 0 Å². The van der Waals surface area contributed by atoms with E-state index in [9.17, 15) is 29.1 Å². The smallest absolute Gasteiger partial charge is 0.326 e. The van der Waals surface area contributed by atoms with Gasteiger partial charge < -0.3 is 38.3 Å². The zero-order chi connectivity index (χ0) is 27.1. The molecule has 0 saturated heterocycles. The first-order valence-electron chi connectivity index (χ1n) is 12.2. The Hall–Kier alpha value is -2.73. The molecule has 5 atom stereocenters. The van der Waals surface area contributed by atoms with Crippen molar-refractivity contribution >= 4 is 29.6 Å². The maximum absolute atomic E-state index is 13.1. The van der Waals surface area contributed by atoms with Gasteiger partial charge in [-0.2, -0.15) is 0 Å². The third-order valence-electron chi connectivity index (χ3n) is 5.73. The van der Waals surface area contributed by atoms with E-state index in [0.717, 1.165) is 0 Å². The Balaban J connectivity index is 5.54. The summed E-state index contributed by atoms with van der Waals surface area (Å²) >= 11 is 0. The molecule has 0 saturated carbocycles. The second-order valence-corrected chi connectivity index (χ2v) is 9.36. The summed E-state index contributed by atoms with van der Waals surface area (Å²) in [6.07, 6.45) is 2.20. The fraction of sp³-hybridized carbons (Fsp3) is 0.783. The van der Waals surface area contributed by atoms with Crippen molar-refractivity contribution in [3.8, 4) is 0 Å². The number of nitrogens with one attached hydrogen (secondary N) is 3. The zero-order valence-corrected chi connectivity index (χ0v) is 21.3. The molecule has 0 aromatic rings. The molecule has 5 unspecified atom stereocenters. The van der Waals surface area contributed by atoms with Gasteiger partial charge in [0.15, 0.2) is 0 Å². The summed E-state index contributed by atoms with van der Waals surface area (Å²) in [7, 11) is 0. The lowest BCUT2D eigenvalue weighted by atomic mass is 9.96. The number of amides is 4. The van der Waals surface area contributed by atoms with Crippen LogP contribution in [0.3, 0.4) is 0 Å². The van der Waals surface area contributed by atoms with Gasteiger partial charge in [0.1, 0.15) is 18.1 Å². The maximum Gasteiger partial charge on any atom is 0.326 e. The summed E-state index contributed by atoms with van der Waals surface area (Å²) in [4.78, 5) is 61.4. The Labute approximate surface area is 207 Å². The quantitative estimate of drug-likeness (QED) is 0.119. The van der Waals surface area contributed by atoms with Crippen molar-refractivity contribution in [2.24, 2.45) is 29.0 Å². The van der Waals surface area contributed by atoms with Crippen molar-refractivity contribution < 1.29 is 29.1 Å². The molecule has 0 fully saturated rings. The molecule has 0 aliphatic carbocycles. The normalized spacial score (nSPS) is 15.4. The molecule has 0 aromatic carbocycles. The first-order valence-corrected chi connectivity index (χ1v) is 12.2. The third-order valence-corrected chi connectivity index (χ3v) is 5.73. The minimum atomic E-state index is -1.17. The molecule has 0 aromatic heterocycles. The van der Waals surface area contributed by atoms with Crippen LogP contribution in [0.2, 0.25) is 0 Å². The Bertz CT molecular complexity index is 717. The minimum Gasteiger partial charge on any atom is -0.480 e. The van der Waals surface area contributed by atoms with Gasteiger partial charge in [-0.1, -0.05) is 40.5 Å². The Morgan fingerprint density at radius 2 is 1.46 bits per heavy atom. The minimum absolute atomic E-state index is 0.0236. The number of unbranched alkanes of at least 4 members (excludes halogenated alkanes) is 1. The maximum atomic E-state index is 13.1. The first-order chi connectivity index (χ1) is 16.3. The molecule has 0 bridgehead atoms. The van der Waals surface area contributed by atoms with Crippen molar-refractivity contribution in [3.63, 3.8) is 0 Å². The highest BCUT2D eigenvalue weighted by Gasteiger charge is 2.33. The van der Waals surface area contributed by atoms with E-state index < -0.39 is 53.8 Å². The predicted octanol–water partition coefficient (Wildman–Crippen LogP) is -0.661. The van der Waals surface area contributed by atoms with Gasteiger partial charge in [-0.25, -0.2) is 4.79 Å². The SMILES string of the molecule is CCC(C)C(NC(=O)C(CCC(N)=O)NC(=O)C(N)CCCCN)C(=O)NC(CC(C)C)C(=O)O. The summed E-state index contributed by atoms with van der Waals surface area (Å²) in [5, 5.41) is 17.1. The predicted molar refractivity (Wildman–Crippen MR) is 132 cm³/mol. The molecule has 0 aliphatic rings. The van der Waals surface area contributed by atoms with Gasteiger partial charge in [-0.15, -0.1) is 0 Å². The van der Waals surface area contributed by atoms with Crippen molar-refractivity contribution in [1.29, 1.82) is 0 Å². The van der Waals surface area contributed by atoms with Crippen LogP contribution in [0, 0.1) is 11.8 Å². The highest BCUT2D eigenvalue weighted by atomic mass is 16.4. The van der Waals surface area contributed by atoms with E-state index in [1.54, 1.807) is 6.92 Å². The Morgan fingerprint density at radius 3 is 1.94 bits per heavy atom. The zero-order valence-electron chi connectivity index (χ0n) is 21.3. The summed E-state index contributed by atoms with van der Waals surface area (Å²) in [6.45, 7) is 7.71. The van der Waals surface area contributed by atoms with E-state index in [2.05, 4.69) is 16.0 Å². The van der Waals surface area contributed by atoms with Crippen LogP contribution in [0.4, 0.5) is 0 Å². The average molecular weight is 501 g/mol. The number of carbonyl (C=O) groups excluding carboxylic acids is 4. The number of carbonyl (C=O) groups is 5. The number of rotatable bonds is 18. The second-order valence-electron chi connectivity index (χ2n) is 9.36. The summed E-state index contributed by atoms with van der Waals surface area (Å²) in [5.41, 5.74) is 16.6. The largest absolute Gasteiger partial charge is 0.480 e. The number of primary amides is 1. The van der Waals surface area contributed by atoms with Crippen LogP contribution >= 0.6 is 0 Å². The van der Waals surface area contributed by atoms with E-state index in [4.69, 9.17) is 17.2 Å². The molecule has 0 heterocycles. The standard InChI is InChI=1S/C23H44N6O6/c1-5-14(4)19(22(33)28-17(23(34)35)12-13(2)3)29-21(32)16(9-10-18(26)30)27-20(31)15(25)8-6-7-11-24/h13-17,19H,5-12,24-25H2,1-4H3,(H2,26,30)(H,27,31)(H,28,33)(H,29,32)(H,34,35). The lowest BCUT2D eigenvalue weighted by molar-refractivity contribution is -0.143. The van der Waals surface area contributed by atoms with Crippen LogP contribution in [-0.4, -0.2) is 65.4 Å². The van der Waals surface area contributed by atoms with Crippen LogP contribution in [0.15, 0.2) is 0 Å². The summed E-state index contributed by atoms with van der Waals surface area (Å²) in [5.74, 6) is -4.04. The molecule has 0 aliphatic heterocycles. The van der Waals surface area contributed by atoms with Gasteiger partial charge in [0.2, 0.25) is 23.6 Å². The molecule has 35 heavy (non-hydrogen) atoms. The molecule has 0 radical (unpaired) electrons. The van der Waals surface area contributed by atoms with Crippen molar-refractivity contribution in [2.75, 3.05) is 6.54 Å². The fourth-order valence-electron chi connectivity index (χ4n) is 3.38. The molecule has 0 rings (SSSR count). The van der Waals surface area contributed by atoms with Gasteiger partial charge in [0.05, 0.1) is 6.04 Å². The molecule has 0 spiro atoms. The highest BCUT2D eigenvalue weighted by molar-refractivity contribution is 5.94. The molecule has 4 amide bonds. The van der Waals surface area contributed by atoms with Crippen molar-refractivity contribution in [2.45, 2.75) is 96.8 Å². The lowest BCUT2D eigenvalue weighted by Gasteiger charge is -2.28. The number of carboxylic acid groups (broad SMARTS) is 1. The number of aliphatic carboxylic acids is 1. The molecular formula is C23H44N6O6. The number of carboxylic acids is 1. The molecule has 202 valence electrons. The fourth-order valence-corrected chi connectivity index (χ4v) is 3.38. The molecular weight excluding hydrogens is 456 g/mol. The van der Waals surface area contributed by atoms with E-state index in [0.29, 0.717) is 32.2 Å². The van der Waals surface area contributed by atoms with E-state index in [1.165, 1.54) is 0 Å². The van der Waals surface area contributed by atoms with E-state index >= 15 is 0 Å². The van der Waals surface area contributed by atoms with Gasteiger partial charge in [-0.05, 0) is 44.1 Å². The van der Waals surface area contributed by atoms with Crippen LogP contribution < -0.4 is 33.2 Å². The van der Waals surface area contributed by atoms with Gasteiger partial charge >= 0.3 is 5.97 Å². The topological polar surface area (TPSA) is 220 Å². The third kappa shape index (κ3) is 13.1. The van der Waals surface area contributed by atoms with E-state index in [-0.39, 0.29) is 31.1 Å². The molecule has 12 heteroatoms. The monoisotopic (exact) mass is 500 g/mol. The van der Waals surface area contributed by atoms with Gasteiger partial charge in [-0.3, -0.25) is 19.2 Å². The number of hydrogen-bond acceptors (Lipinski definition) is 7. The summed E-state index contributed by atoms with van der Waals surface area (Å²) in [6, 6.07) is -4.18. The number of hydrogen-bond donors (Lipinski definition) is 7. The second kappa shape index (κ2) is 16.8. The van der Waals surface area contributed by atoms with Crippen LogP contribution in [0.25, 0.3) is 0 Å². The molecule has 12 nitrogen and oxygen atoms in total.